The molecule has 0 atom stereocenters. The highest BCUT2D eigenvalue weighted by atomic mass is 35.5. The van der Waals surface area contributed by atoms with Crippen LogP contribution in [0.15, 0.2) is 42.7 Å². The standard InChI is InChI=1S/C18H18ClN3O2/c1-18(2,3)24-17(23)22-10-13(11-5-4-6-12(20)9-11)15-14(19)7-8-21-16(15)22/h4-10H,20H2,1-3H3. The number of hydrogen-bond donors (Lipinski definition) is 1. The molecule has 0 fully saturated rings. The summed E-state index contributed by atoms with van der Waals surface area (Å²) in [5.74, 6) is 0. The number of ether oxygens (including phenoxy) is 1. The van der Waals surface area contributed by atoms with Gasteiger partial charge in [0.25, 0.3) is 0 Å². The summed E-state index contributed by atoms with van der Waals surface area (Å²) >= 11 is 6.37. The zero-order valence-corrected chi connectivity index (χ0v) is 14.5. The first kappa shape index (κ1) is 16.3. The molecule has 0 spiro atoms. The van der Waals surface area contributed by atoms with Crippen LogP contribution in [0, 0.1) is 0 Å². The molecule has 6 heteroatoms. The molecule has 0 unspecified atom stereocenters. The zero-order chi connectivity index (χ0) is 17.5. The monoisotopic (exact) mass is 343 g/mol. The van der Waals surface area contributed by atoms with Gasteiger partial charge in [-0.2, -0.15) is 0 Å². The van der Waals surface area contributed by atoms with E-state index in [1.165, 1.54) is 4.57 Å². The van der Waals surface area contributed by atoms with Crippen LogP contribution < -0.4 is 5.73 Å². The predicted octanol–water partition coefficient (Wildman–Crippen LogP) is 4.72. The summed E-state index contributed by atoms with van der Waals surface area (Å²) in [6.07, 6.45) is 2.75. The Kier molecular flexibility index (Phi) is 3.97. The Morgan fingerprint density at radius 1 is 1.29 bits per heavy atom. The minimum Gasteiger partial charge on any atom is -0.443 e. The largest absolute Gasteiger partial charge is 0.443 e. The van der Waals surface area contributed by atoms with E-state index in [0.29, 0.717) is 21.7 Å². The maximum absolute atomic E-state index is 12.5. The highest BCUT2D eigenvalue weighted by Crippen LogP contribution is 2.35. The van der Waals surface area contributed by atoms with Gasteiger partial charge in [-0.05, 0) is 44.5 Å². The Morgan fingerprint density at radius 2 is 2.04 bits per heavy atom. The number of rotatable bonds is 1. The molecule has 2 N–H and O–H groups in total. The topological polar surface area (TPSA) is 70.1 Å². The summed E-state index contributed by atoms with van der Waals surface area (Å²) in [5.41, 5.74) is 7.99. The molecular weight excluding hydrogens is 326 g/mol. The number of pyridine rings is 1. The van der Waals surface area contributed by atoms with Crippen LogP contribution in [0.25, 0.3) is 22.2 Å². The number of aromatic nitrogens is 2. The van der Waals surface area contributed by atoms with E-state index in [1.807, 2.05) is 39.0 Å². The SMILES string of the molecule is CC(C)(C)OC(=O)n1cc(-c2cccc(N)c2)c2c(Cl)ccnc21. The first-order valence-corrected chi connectivity index (χ1v) is 7.89. The van der Waals surface area contributed by atoms with Crippen LogP contribution in [-0.2, 0) is 4.74 Å². The number of hydrogen-bond acceptors (Lipinski definition) is 4. The minimum absolute atomic E-state index is 0.453. The second-order valence-corrected chi connectivity index (χ2v) is 6.92. The molecule has 0 saturated carbocycles. The number of fused-ring (bicyclic) bond motifs is 1. The van der Waals surface area contributed by atoms with Crippen molar-refractivity contribution in [1.82, 2.24) is 9.55 Å². The van der Waals surface area contributed by atoms with Crippen molar-refractivity contribution in [2.75, 3.05) is 5.73 Å². The molecule has 0 amide bonds. The normalized spacial score (nSPS) is 11.7. The smallest absolute Gasteiger partial charge is 0.420 e. The average Bonchev–Trinajstić information content (AvgIpc) is 2.86. The van der Waals surface area contributed by atoms with Gasteiger partial charge in [0.1, 0.15) is 5.60 Å². The van der Waals surface area contributed by atoms with E-state index < -0.39 is 11.7 Å². The molecule has 0 radical (unpaired) electrons. The third-order valence-corrected chi connectivity index (χ3v) is 3.74. The number of nitrogens with zero attached hydrogens (tertiary/aromatic N) is 2. The molecule has 0 aliphatic carbocycles. The lowest BCUT2D eigenvalue weighted by Gasteiger charge is -2.19. The molecular formula is C18H18ClN3O2. The molecule has 2 heterocycles. The molecule has 0 bridgehead atoms. The van der Waals surface area contributed by atoms with E-state index in [9.17, 15) is 4.79 Å². The second kappa shape index (κ2) is 5.83. The van der Waals surface area contributed by atoms with E-state index in [0.717, 1.165) is 11.1 Å². The Hall–Kier alpha value is -2.53. The van der Waals surface area contributed by atoms with Crippen LogP contribution >= 0.6 is 11.6 Å². The summed E-state index contributed by atoms with van der Waals surface area (Å²) in [6, 6.07) is 9.09. The maximum Gasteiger partial charge on any atom is 0.420 e. The van der Waals surface area contributed by atoms with Crippen LogP contribution in [0.5, 0.6) is 0 Å². The molecule has 3 rings (SSSR count). The number of benzene rings is 1. The molecule has 0 aliphatic rings. The van der Waals surface area contributed by atoms with E-state index >= 15 is 0 Å². The number of nitrogen functional groups attached to an aromatic ring is 1. The lowest BCUT2D eigenvalue weighted by Crippen LogP contribution is -2.26. The van der Waals surface area contributed by atoms with Gasteiger partial charge < -0.3 is 10.5 Å². The van der Waals surface area contributed by atoms with Crippen molar-refractivity contribution in [3.8, 4) is 11.1 Å². The molecule has 2 aromatic heterocycles. The third-order valence-electron chi connectivity index (χ3n) is 3.42. The lowest BCUT2D eigenvalue weighted by atomic mass is 10.1. The van der Waals surface area contributed by atoms with Gasteiger partial charge in [-0.3, -0.25) is 0 Å². The van der Waals surface area contributed by atoms with Crippen molar-refractivity contribution in [3.63, 3.8) is 0 Å². The fourth-order valence-corrected chi connectivity index (χ4v) is 2.73. The number of anilines is 1. The average molecular weight is 344 g/mol. The second-order valence-electron chi connectivity index (χ2n) is 6.51. The summed E-state index contributed by atoms with van der Waals surface area (Å²) in [5, 5.41) is 1.20. The predicted molar refractivity (Wildman–Crippen MR) is 96.2 cm³/mol. The Bertz CT molecular complexity index is 926. The molecule has 24 heavy (non-hydrogen) atoms. The van der Waals surface area contributed by atoms with Crippen LogP contribution in [0.4, 0.5) is 10.5 Å². The highest BCUT2D eigenvalue weighted by Gasteiger charge is 2.23. The number of carbonyl (C=O) groups excluding carboxylic acids is 1. The summed E-state index contributed by atoms with van der Waals surface area (Å²) < 4.78 is 6.84. The summed E-state index contributed by atoms with van der Waals surface area (Å²) in [6.45, 7) is 5.45. The number of halogens is 1. The van der Waals surface area contributed by atoms with Gasteiger partial charge in [-0.15, -0.1) is 0 Å². The summed E-state index contributed by atoms with van der Waals surface area (Å²) in [7, 11) is 0. The molecule has 0 saturated heterocycles. The molecule has 1 aromatic carbocycles. The number of nitrogens with two attached hydrogens (primary N) is 1. The van der Waals surface area contributed by atoms with Gasteiger partial charge in [0, 0.05) is 29.0 Å². The van der Waals surface area contributed by atoms with E-state index in [1.54, 1.807) is 24.5 Å². The maximum atomic E-state index is 12.5. The van der Waals surface area contributed by atoms with E-state index in [4.69, 9.17) is 22.1 Å². The fourth-order valence-electron chi connectivity index (χ4n) is 2.49. The van der Waals surface area contributed by atoms with Crippen LogP contribution in [0.3, 0.4) is 0 Å². The van der Waals surface area contributed by atoms with Gasteiger partial charge in [0.05, 0.1) is 5.02 Å². The van der Waals surface area contributed by atoms with Crippen molar-refractivity contribution >= 4 is 34.4 Å². The van der Waals surface area contributed by atoms with E-state index in [2.05, 4.69) is 4.98 Å². The van der Waals surface area contributed by atoms with Crippen molar-refractivity contribution in [1.29, 1.82) is 0 Å². The first-order chi connectivity index (χ1) is 11.3. The zero-order valence-electron chi connectivity index (χ0n) is 13.7. The highest BCUT2D eigenvalue weighted by molar-refractivity contribution is 6.36. The van der Waals surface area contributed by atoms with Crippen molar-refractivity contribution in [2.24, 2.45) is 0 Å². The Labute approximate surface area is 145 Å². The Morgan fingerprint density at radius 3 is 2.71 bits per heavy atom. The first-order valence-electron chi connectivity index (χ1n) is 7.51. The van der Waals surface area contributed by atoms with Crippen molar-refractivity contribution in [3.05, 3.63) is 47.7 Å². The molecule has 124 valence electrons. The fraction of sp³-hybridized carbons (Fsp3) is 0.222. The van der Waals surface area contributed by atoms with Gasteiger partial charge in [0.2, 0.25) is 0 Å². The van der Waals surface area contributed by atoms with Crippen LogP contribution in [-0.4, -0.2) is 21.2 Å². The van der Waals surface area contributed by atoms with Crippen LogP contribution in [0.2, 0.25) is 5.02 Å². The minimum atomic E-state index is -0.608. The quantitative estimate of drug-likeness (QED) is 0.649. The third kappa shape index (κ3) is 3.08. The summed E-state index contributed by atoms with van der Waals surface area (Å²) in [4.78, 5) is 16.8. The number of carbonyl (C=O) groups is 1. The van der Waals surface area contributed by atoms with Gasteiger partial charge >= 0.3 is 6.09 Å². The van der Waals surface area contributed by atoms with Crippen molar-refractivity contribution < 1.29 is 9.53 Å². The molecule has 5 nitrogen and oxygen atoms in total. The van der Waals surface area contributed by atoms with Gasteiger partial charge in [0.15, 0.2) is 5.65 Å². The van der Waals surface area contributed by atoms with Gasteiger partial charge in [-0.1, -0.05) is 23.7 Å². The van der Waals surface area contributed by atoms with Crippen molar-refractivity contribution in [2.45, 2.75) is 26.4 Å². The lowest BCUT2D eigenvalue weighted by molar-refractivity contribution is 0.0544. The molecule has 0 aliphatic heterocycles. The van der Waals surface area contributed by atoms with E-state index in [-0.39, 0.29) is 0 Å². The Balaban J connectivity index is 2.23. The molecule has 3 aromatic rings. The van der Waals surface area contributed by atoms with Gasteiger partial charge in [-0.25, -0.2) is 14.3 Å². The van der Waals surface area contributed by atoms with Crippen LogP contribution in [0.1, 0.15) is 20.8 Å².